The summed E-state index contributed by atoms with van der Waals surface area (Å²) in [6.45, 7) is 7.04. The highest BCUT2D eigenvalue weighted by atomic mass is 35.5. The molecule has 1 heterocycles. The van der Waals surface area contributed by atoms with Crippen LogP contribution in [-0.4, -0.2) is 24.1 Å². The van der Waals surface area contributed by atoms with Crippen LogP contribution in [0.15, 0.2) is 24.2 Å². The highest BCUT2D eigenvalue weighted by molar-refractivity contribution is 6.30. The molecular formula is C14H20ClNO. The molecule has 0 saturated carbocycles. The van der Waals surface area contributed by atoms with Gasteiger partial charge in [-0.1, -0.05) is 30.7 Å². The Kier molecular flexibility index (Phi) is 2.89. The highest BCUT2D eigenvalue weighted by Crippen LogP contribution is 2.43. The van der Waals surface area contributed by atoms with Crippen molar-refractivity contribution in [2.24, 2.45) is 0 Å². The molecule has 1 fully saturated rings. The van der Waals surface area contributed by atoms with Crippen LogP contribution in [0.25, 0.3) is 0 Å². The molecule has 2 nitrogen and oxygen atoms in total. The van der Waals surface area contributed by atoms with Gasteiger partial charge in [-0.2, -0.15) is 0 Å². The predicted octanol–water partition coefficient (Wildman–Crippen LogP) is 3.64. The molecule has 1 aliphatic heterocycles. The molecule has 0 bridgehead atoms. The molecule has 0 aliphatic carbocycles. The number of benzene rings is 1. The lowest BCUT2D eigenvalue weighted by Gasteiger charge is -2.39. The second-order valence-electron chi connectivity index (χ2n) is 5.21. The average molecular weight is 256 g/mol. The zero-order chi connectivity index (χ0) is 13.6. The van der Waals surface area contributed by atoms with E-state index in [2.05, 4.69) is 32.7 Å². The van der Waals surface area contributed by atoms with Crippen molar-refractivity contribution in [1.82, 2.24) is 4.90 Å². The quantitative estimate of drug-likeness (QED) is 0.800. The van der Waals surface area contributed by atoms with Crippen molar-refractivity contribution in [3.8, 4) is 0 Å². The minimum Gasteiger partial charge on any atom is -0.354 e. The lowest BCUT2D eigenvalue weighted by atomic mass is 9.96. The first-order valence-corrected chi connectivity index (χ1v) is 6.36. The van der Waals surface area contributed by atoms with Gasteiger partial charge < -0.3 is 4.74 Å². The molecule has 0 N–H and O–H groups in total. The van der Waals surface area contributed by atoms with Gasteiger partial charge in [0, 0.05) is 16.1 Å². The van der Waals surface area contributed by atoms with Crippen molar-refractivity contribution in [1.29, 1.82) is 0 Å². The molecule has 1 atom stereocenters. The van der Waals surface area contributed by atoms with Gasteiger partial charge >= 0.3 is 0 Å². The Morgan fingerprint density at radius 1 is 1.53 bits per heavy atom. The molecule has 0 amide bonds. The van der Waals surface area contributed by atoms with E-state index in [4.69, 9.17) is 17.7 Å². The van der Waals surface area contributed by atoms with Gasteiger partial charge in [0.1, 0.15) is 5.72 Å². The maximum atomic E-state index is 8.17. The maximum Gasteiger partial charge on any atom is 0.147 e. The molecule has 1 aromatic carbocycles. The van der Waals surface area contributed by atoms with Gasteiger partial charge in [-0.3, -0.25) is 4.90 Å². The summed E-state index contributed by atoms with van der Waals surface area (Å²) in [5, 5.41) is 0.474. The van der Waals surface area contributed by atoms with E-state index in [1.54, 1.807) is 6.07 Å². The van der Waals surface area contributed by atoms with Gasteiger partial charge in [0.05, 0.1) is 7.98 Å². The molecule has 1 saturated heterocycles. The van der Waals surface area contributed by atoms with Crippen LogP contribution in [0.3, 0.4) is 0 Å². The van der Waals surface area contributed by atoms with Gasteiger partial charge in [0.25, 0.3) is 0 Å². The minimum absolute atomic E-state index is 0.0369. The Morgan fingerprint density at radius 3 is 2.76 bits per heavy atom. The monoisotopic (exact) mass is 255 g/mol. The van der Waals surface area contributed by atoms with Crippen molar-refractivity contribution in [3.05, 3.63) is 34.8 Å². The molecule has 1 aromatic rings. The third-order valence-electron chi connectivity index (χ3n) is 3.77. The van der Waals surface area contributed by atoms with E-state index in [-0.39, 0.29) is 5.54 Å². The topological polar surface area (TPSA) is 12.5 Å². The Labute approximate surface area is 110 Å². The highest BCUT2D eigenvalue weighted by Gasteiger charge is 2.49. The minimum atomic E-state index is -0.536. The van der Waals surface area contributed by atoms with Crippen LogP contribution >= 0.6 is 11.6 Å². The number of nitrogens with zero attached hydrogens (tertiary/aromatic N) is 1. The maximum absolute atomic E-state index is 8.17. The van der Waals surface area contributed by atoms with Gasteiger partial charge in [-0.25, -0.2) is 0 Å². The molecule has 1 unspecified atom stereocenters. The number of halogens is 1. The smallest absolute Gasteiger partial charge is 0.147 e. The van der Waals surface area contributed by atoms with Crippen LogP contribution in [0.4, 0.5) is 0 Å². The van der Waals surface area contributed by atoms with Crippen molar-refractivity contribution < 1.29 is 6.11 Å². The van der Waals surface area contributed by atoms with E-state index < -0.39 is 5.72 Å². The standard InChI is InChI=1S/C14H20ClNO/c1-5-14(11-7-6-8-12(15)9-11)16(4)13(2,3)10-17-14/h6-9H,5,10H2,1-4H3/i9T. The summed E-state index contributed by atoms with van der Waals surface area (Å²) in [5.74, 6) is 0. The normalized spacial score (nSPS) is 29.4. The molecule has 3 heteroatoms. The van der Waals surface area contributed by atoms with Crippen LogP contribution < -0.4 is 0 Å². The summed E-state index contributed by atoms with van der Waals surface area (Å²) in [6.07, 6.45) is 0.791. The van der Waals surface area contributed by atoms with E-state index in [9.17, 15) is 0 Å². The Balaban J connectivity index is 2.56. The summed E-state index contributed by atoms with van der Waals surface area (Å²) < 4.78 is 14.3. The van der Waals surface area contributed by atoms with Crippen molar-refractivity contribution >= 4 is 11.6 Å². The molecule has 0 radical (unpaired) electrons. The first kappa shape index (κ1) is 11.5. The Bertz CT molecular complexity index is 463. The molecule has 0 aromatic heterocycles. The fourth-order valence-electron chi connectivity index (χ4n) is 2.44. The number of rotatable bonds is 2. The van der Waals surface area contributed by atoms with E-state index in [1.807, 2.05) is 12.1 Å². The second-order valence-corrected chi connectivity index (χ2v) is 5.62. The van der Waals surface area contributed by atoms with Gasteiger partial charge in [-0.05, 0) is 39.4 Å². The Hall–Kier alpha value is -0.570. The molecule has 17 heavy (non-hydrogen) atoms. The van der Waals surface area contributed by atoms with Crippen LogP contribution in [-0.2, 0) is 10.5 Å². The van der Waals surface area contributed by atoms with E-state index in [0.717, 1.165) is 12.0 Å². The van der Waals surface area contributed by atoms with Crippen LogP contribution in [0.2, 0.25) is 5.02 Å². The van der Waals surface area contributed by atoms with Gasteiger partial charge in [-0.15, -0.1) is 0 Å². The van der Waals surface area contributed by atoms with Gasteiger partial charge in [0.15, 0.2) is 0 Å². The van der Waals surface area contributed by atoms with Crippen molar-refractivity contribution in [2.45, 2.75) is 38.5 Å². The molecule has 1 aliphatic rings. The number of ether oxygens (including phenoxy) is 1. The van der Waals surface area contributed by atoms with Crippen LogP contribution in [0.1, 0.15) is 34.1 Å². The largest absolute Gasteiger partial charge is 0.354 e. The van der Waals surface area contributed by atoms with Crippen LogP contribution in [0, 0.1) is 0 Å². The molecular weight excluding hydrogens is 234 g/mol. The lowest BCUT2D eigenvalue weighted by Crippen LogP contribution is -2.47. The summed E-state index contributed by atoms with van der Waals surface area (Å²) in [4.78, 5) is 2.21. The molecule has 0 spiro atoms. The SMILES string of the molecule is [3H]c1c(Cl)cccc1C1(CC)OCC(C)(C)N1C. The summed E-state index contributed by atoms with van der Waals surface area (Å²) in [6, 6.07) is 5.94. The third kappa shape index (κ3) is 1.99. The summed E-state index contributed by atoms with van der Waals surface area (Å²) >= 11 is 6.07. The second kappa shape index (κ2) is 4.27. The van der Waals surface area contributed by atoms with Crippen molar-refractivity contribution in [2.75, 3.05) is 13.7 Å². The molecule has 94 valence electrons. The van der Waals surface area contributed by atoms with Gasteiger partial charge in [0.2, 0.25) is 0 Å². The fourth-order valence-corrected chi connectivity index (χ4v) is 2.61. The fraction of sp³-hybridized carbons (Fsp3) is 0.571. The van der Waals surface area contributed by atoms with E-state index in [0.29, 0.717) is 17.7 Å². The first-order chi connectivity index (χ1) is 8.35. The van der Waals surface area contributed by atoms with Crippen LogP contribution in [0.5, 0.6) is 0 Å². The number of hydrogen-bond acceptors (Lipinski definition) is 2. The van der Waals surface area contributed by atoms with E-state index in [1.165, 1.54) is 0 Å². The zero-order valence-corrected chi connectivity index (χ0v) is 11.6. The first-order valence-electron chi connectivity index (χ1n) is 6.48. The predicted molar refractivity (Wildman–Crippen MR) is 71.2 cm³/mol. The average Bonchev–Trinajstić information content (AvgIpc) is 2.57. The van der Waals surface area contributed by atoms with E-state index >= 15 is 0 Å². The zero-order valence-electron chi connectivity index (χ0n) is 11.9. The number of hydrogen-bond donors (Lipinski definition) is 0. The van der Waals surface area contributed by atoms with Crippen molar-refractivity contribution in [3.63, 3.8) is 0 Å². The Morgan fingerprint density at radius 2 is 2.24 bits per heavy atom. The lowest BCUT2D eigenvalue weighted by molar-refractivity contribution is -0.0878. The number of likely N-dealkylation sites (N-methyl/N-ethyl adjacent to an activating group) is 1. The summed E-state index contributed by atoms with van der Waals surface area (Å²) in [7, 11) is 2.05. The summed E-state index contributed by atoms with van der Waals surface area (Å²) in [5.41, 5.74) is 0.279. The third-order valence-corrected chi connectivity index (χ3v) is 3.99. The molecule has 2 rings (SSSR count).